The number of hydrogen-bond acceptors (Lipinski definition) is 3. The summed E-state index contributed by atoms with van der Waals surface area (Å²) < 4.78 is 5.52. The number of nitrogens with zero attached hydrogens (tertiary/aromatic N) is 1. The second-order valence-corrected chi connectivity index (χ2v) is 4.77. The molecule has 98 valence electrons. The third-order valence-corrected chi connectivity index (χ3v) is 3.28. The Hall–Kier alpha value is -2.07. The summed E-state index contributed by atoms with van der Waals surface area (Å²) in [5.41, 5.74) is 2.43. The number of rotatable bonds is 4. The zero-order chi connectivity index (χ0) is 13.2. The van der Waals surface area contributed by atoms with Crippen LogP contribution in [0, 0.1) is 6.92 Å². The maximum Gasteiger partial charge on any atom is 0.211 e. The number of fused-ring (bicyclic) bond motifs is 1. The number of aryl methyl sites for hydroxylation is 1. The van der Waals surface area contributed by atoms with Gasteiger partial charge in [0.25, 0.3) is 0 Å². The van der Waals surface area contributed by atoms with Crippen molar-refractivity contribution in [1.29, 1.82) is 0 Å². The zero-order valence-electron chi connectivity index (χ0n) is 11.1. The van der Waals surface area contributed by atoms with Gasteiger partial charge in [-0.2, -0.15) is 0 Å². The highest BCUT2D eigenvalue weighted by Crippen LogP contribution is 2.18. The predicted octanol–water partition coefficient (Wildman–Crippen LogP) is 3.32. The van der Waals surface area contributed by atoms with Crippen LogP contribution in [0.4, 0.5) is 0 Å². The number of oxazole rings is 1. The lowest BCUT2D eigenvalue weighted by atomic mass is 10.1. The minimum atomic E-state index is 0.0962. The summed E-state index contributed by atoms with van der Waals surface area (Å²) in [5.74, 6) is 1.58. The van der Waals surface area contributed by atoms with Crippen LogP contribution in [0.1, 0.15) is 30.2 Å². The molecule has 0 radical (unpaired) electrons. The topological polar surface area (TPSA) is 53.9 Å². The van der Waals surface area contributed by atoms with Crippen LogP contribution >= 0.6 is 0 Å². The molecule has 0 saturated heterocycles. The van der Waals surface area contributed by atoms with Crippen molar-refractivity contribution in [2.24, 2.45) is 0 Å². The smallest absolute Gasteiger partial charge is 0.211 e. The van der Waals surface area contributed by atoms with Crippen molar-refractivity contribution in [1.82, 2.24) is 15.3 Å². The fourth-order valence-electron chi connectivity index (χ4n) is 2.22. The van der Waals surface area contributed by atoms with Crippen molar-refractivity contribution in [3.63, 3.8) is 0 Å². The average Bonchev–Trinajstić information content (AvgIpc) is 3.04. The summed E-state index contributed by atoms with van der Waals surface area (Å²) in [6, 6.07) is 8.49. The first-order valence-electron chi connectivity index (χ1n) is 6.45. The van der Waals surface area contributed by atoms with Crippen molar-refractivity contribution in [3.05, 3.63) is 53.9 Å². The van der Waals surface area contributed by atoms with Crippen molar-refractivity contribution in [2.45, 2.75) is 26.4 Å². The van der Waals surface area contributed by atoms with Gasteiger partial charge in [-0.05, 0) is 30.9 Å². The molecule has 1 atom stereocenters. The molecule has 0 aliphatic heterocycles. The van der Waals surface area contributed by atoms with Crippen molar-refractivity contribution in [3.8, 4) is 0 Å². The highest BCUT2D eigenvalue weighted by Gasteiger charge is 2.11. The Bertz CT molecular complexity index is 683. The maximum absolute atomic E-state index is 5.52. The molecule has 0 aliphatic rings. The van der Waals surface area contributed by atoms with Gasteiger partial charge in [0.2, 0.25) is 5.89 Å². The fraction of sp³-hybridized carbons (Fsp3) is 0.267. The molecule has 0 amide bonds. The summed E-state index contributed by atoms with van der Waals surface area (Å²) >= 11 is 0. The van der Waals surface area contributed by atoms with E-state index in [4.69, 9.17) is 4.42 Å². The summed E-state index contributed by atoms with van der Waals surface area (Å²) in [6.45, 7) is 4.74. The van der Waals surface area contributed by atoms with Crippen molar-refractivity contribution >= 4 is 10.9 Å². The molecule has 0 fully saturated rings. The van der Waals surface area contributed by atoms with Gasteiger partial charge in [0.05, 0.1) is 12.2 Å². The Balaban J connectivity index is 1.74. The lowest BCUT2D eigenvalue weighted by Crippen LogP contribution is -2.18. The van der Waals surface area contributed by atoms with E-state index < -0.39 is 0 Å². The molecule has 0 saturated carbocycles. The van der Waals surface area contributed by atoms with E-state index in [0.29, 0.717) is 0 Å². The van der Waals surface area contributed by atoms with Gasteiger partial charge < -0.3 is 14.7 Å². The van der Waals surface area contributed by atoms with Crippen molar-refractivity contribution < 1.29 is 4.42 Å². The van der Waals surface area contributed by atoms with Gasteiger partial charge in [-0.3, -0.25) is 0 Å². The van der Waals surface area contributed by atoms with E-state index in [0.717, 1.165) is 18.2 Å². The number of hydrogen-bond donors (Lipinski definition) is 2. The van der Waals surface area contributed by atoms with Crippen LogP contribution in [0.25, 0.3) is 10.9 Å². The lowest BCUT2D eigenvalue weighted by Gasteiger charge is -2.11. The molecule has 2 aromatic heterocycles. The maximum atomic E-state index is 5.52. The van der Waals surface area contributed by atoms with E-state index >= 15 is 0 Å². The molecule has 0 spiro atoms. The molecular weight excluding hydrogens is 238 g/mol. The summed E-state index contributed by atoms with van der Waals surface area (Å²) in [7, 11) is 0. The van der Waals surface area contributed by atoms with E-state index in [1.54, 1.807) is 6.20 Å². The first kappa shape index (κ1) is 12.0. The normalized spacial score (nSPS) is 12.9. The van der Waals surface area contributed by atoms with Crippen LogP contribution in [0.3, 0.4) is 0 Å². The standard InChI is InChI=1S/C15H17N3O/c1-10-8-18-15(19-10)11(2)17-9-13-5-3-4-12-6-7-16-14(12)13/h3-8,11,16-17H,9H2,1-2H3. The zero-order valence-corrected chi connectivity index (χ0v) is 11.1. The minimum absolute atomic E-state index is 0.0962. The molecule has 4 nitrogen and oxygen atoms in total. The highest BCUT2D eigenvalue weighted by atomic mass is 16.4. The summed E-state index contributed by atoms with van der Waals surface area (Å²) in [5, 5.41) is 4.67. The quantitative estimate of drug-likeness (QED) is 0.752. The van der Waals surface area contributed by atoms with Crippen LogP contribution < -0.4 is 5.32 Å². The van der Waals surface area contributed by atoms with E-state index in [2.05, 4.69) is 46.5 Å². The van der Waals surface area contributed by atoms with Gasteiger partial charge in [0, 0.05) is 18.3 Å². The van der Waals surface area contributed by atoms with Crippen molar-refractivity contribution in [2.75, 3.05) is 0 Å². The Kier molecular flexibility index (Phi) is 3.09. The van der Waals surface area contributed by atoms with Gasteiger partial charge in [-0.1, -0.05) is 18.2 Å². The van der Waals surface area contributed by atoms with Crippen LogP contribution in [0.5, 0.6) is 0 Å². The Morgan fingerprint density at radius 3 is 3.05 bits per heavy atom. The Morgan fingerprint density at radius 1 is 1.37 bits per heavy atom. The summed E-state index contributed by atoms with van der Waals surface area (Å²) in [4.78, 5) is 7.52. The van der Waals surface area contributed by atoms with Gasteiger partial charge >= 0.3 is 0 Å². The predicted molar refractivity (Wildman–Crippen MR) is 74.8 cm³/mol. The summed E-state index contributed by atoms with van der Waals surface area (Å²) in [6.07, 6.45) is 3.72. The van der Waals surface area contributed by atoms with Gasteiger partial charge in [0.15, 0.2) is 0 Å². The van der Waals surface area contributed by atoms with Crippen LogP contribution in [-0.2, 0) is 6.54 Å². The SMILES string of the molecule is Cc1cnc(C(C)NCc2cccc3cc[nH]c23)o1. The molecule has 1 unspecified atom stereocenters. The molecule has 19 heavy (non-hydrogen) atoms. The highest BCUT2D eigenvalue weighted by molar-refractivity contribution is 5.82. The molecule has 3 rings (SSSR count). The van der Waals surface area contributed by atoms with E-state index in [9.17, 15) is 0 Å². The van der Waals surface area contributed by atoms with Crippen LogP contribution in [0.15, 0.2) is 41.1 Å². The number of benzene rings is 1. The molecule has 0 bridgehead atoms. The molecule has 2 N–H and O–H groups in total. The Morgan fingerprint density at radius 2 is 2.26 bits per heavy atom. The molecule has 0 aliphatic carbocycles. The third kappa shape index (κ3) is 2.39. The monoisotopic (exact) mass is 255 g/mol. The van der Waals surface area contributed by atoms with E-state index in [1.165, 1.54) is 16.5 Å². The second-order valence-electron chi connectivity index (χ2n) is 4.77. The molecule has 1 aromatic carbocycles. The fourth-order valence-corrected chi connectivity index (χ4v) is 2.22. The van der Waals surface area contributed by atoms with Gasteiger partial charge in [0.1, 0.15) is 5.76 Å². The van der Waals surface area contributed by atoms with Gasteiger partial charge in [-0.25, -0.2) is 4.98 Å². The number of aromatic amines is 1. The Labute approximate surface area is 111 Å². The first-order valence-corrected chi connectivity index (χ1v) is 6.45. The number of aromatic nitrogens is 2. The second kappa shape index (κ2) is 4.90. The average molecular weight is 255 g/mol. The largest absolute Gasteiger partial charge is 0.444 e. The number of H-pyrrole nitrogens is 1. The molecular formula is C15H17N3O. The third-order valence-electron chi connectivity index (χ3n) is 3.28. The minimum Gasteiger partial charge on any atom is -0.444 e. The lowest BCUT2D eigenvalue weighted by molar-refractivity contribution is 0.402. The molecule has 4 heteroatoms. The van der Waals surface area contributed by atoms with Gasteiger partial charge in [-0.15, -0.1) is 0 Å². The van der Waals surface area contributed by atoms with Crippen LogP contribution in [0.2, 0.25) is 0 Å². The van der Waals surface area contributed by atoms with E-state index in [-0.39, 0.29) is 6.04 Å². The number of nitrogens with one attached hydrogen (secondary N) is 2. The van der Waals surface area contributed by atoms with E-state index in [1.807, 2.05) is 13.1 Å². The van der Waals surface area contributed by atoms with Crippen LogP contribution in [-0.4, -0.2) is 9.97 Å². The number of para-hydroxylation sites is 1. The molecule has 3 aromatic rings. The first-order chi connectivity index (χ1) is 9.24. The molecule has 2 heterocycles.